The van der Waals surface area contributed by atoms with E-state index in [9.17, 15) is 10.1 Å². The van der Waals surface area contributed by atoms with Crippen LogP contribution in [0.4, 0.5) is 0 Å². The Hall–Kier alpha value is -2.04. The van der Waals surface area contributed by atoms with Crippen molar-refractivity contribution in [1.29, 1.82) is 0 Å². The summed E-state index contributed by atoms with van der Waals surface area (Å²) in [6, 6.07) is 5.29. The minimum atomic E-state index is -0.435. The molecule has 1 aromatic rings. The summed E-state index contributed by atoms with van der Waals surface area (Å²) in [5, 5.41) is 10.5. The number of hydrogen-bond acceptors (Lipinski definition) is 4. The maximum Gasteiger partial charge on any atom is 0.243 e. The molecule has 78 valence electrons. The van der Waals surface area contributed by atoms with Crippen LogP contribution >= 0.6 is 0 Å². The lowest BCUT2D eigenvalue weighted by Crippen LogP contribution is -1.95. The molecule has 1 aromatic carbocycles. The molecular formula is C10H9NO4. The number of nitrogens with zero attached hydrogens (tertiary/aromatic N) is 1. The Morgan fingerprint density at radius 1 is 1.53 bits per heavy atom. The van der Waals surface area contributed by atoms with Crippen LogP contribution in [-0.2, 0) is 0 Å². The van der Waals surface area contributed by atoms with Crippen molar-refractivity contribution < 1.29 is 14.4 Å². The van der Waals surface area contributed by atoms with Gasteiger partial charge in [-0.05, 0) is 6.07 Å². The molecule has 0 fully saturated rings. The van der Waals surface area contributed by atoms with Gasteiger partial charge in [-0.2, -0.15) is 0 Å². The van der Waals surface area contributed by atoms with Gasteiger partial charge in [0.15, 0.2) is 11.5 Å². The third kappa shape index (κ3) is 1.76. The molecule has 0 radical (unpaired) electrons. The van der Waals surface area contributed by atoms with E-state index in [2.05, 4.69) is 0 Å². The summed E-state index contributed by atoms with van der Waals surface area (Å²) in [6.45, 7) is 1.60. The van der Waals surface area contributed by atoms with Gasteiger partial charge in [-0.3, -0.25) is 10.1 Å². The average Bonchev–Trinajstić information content (AvgIpc) is 2.66. The number of nitro groups is 1. The second-order valence-corrected chi connectivity index (χ2v) is 3.12. The molecule has 1 aliphatic heterocycles. The van der Waals surface area contributed by atoms with E-state index >= 15 is 0 Å². The molecule has 5 nitrogen and oxygen atoms in total. The summed E-state index contributed by atoms with van der Waals surface area (Å²) in [5.74, 6) is 1.19. The third-order valence-corrected chi connectivity index (χ3v) is 2.08. The Morgan fingerprint density at radius 2 is 2.33 bits per heavy atom. The van der Waals surface area contributed by atoms with Crippen LogP contribution in [0.15, 0.2) is 23.9 Å². The van der Waals surface area contributed by atoms with Crippen molar-refractivity contribution in [2.45, 2.75) is 6.92 Å². The van der Waals surface area contributed by atoms with Gasteiger partial charge >= 0.3 is 0 Å². The highest BCUT2D eigenvalue weighted by Crippen LogP contribution is 2.36. The second-order valence-electron chi connectivity index (χ2n) is 3.12. The van der Waals surface area contributed by atoms with Crippen molar-refractivity contribution in [1.82, 2.24) is 0 Å². The smallest absolute Gasteiger partial charge is 0.243 e. The van der Waals surface area contributed by atoms with Crippen molar-refractivity contribution in [3.05, 3.63) is 39.6 Å². The zero-order valence-corrected chi connectivity index (χ0v) is 8.10. The lowest BCUT2D eigenvalue weighted by molar-refractivity contribution is -0.422. The summed E-state index contributed by atoms with van der Waals surface area (Å²) in [4.78, 5) is 10.0. The number of allylic oxidation sites excluding steroid dienone is 1. The number of rotatable bonds is 2. The number of benzene rings is 1. The largest absolute Gasteiger partial charge is 0.454 e. The third-order valence-electron chi connectivity index (χ3n) is 2.08. The van der Waals surface area contributed by atoms with Gasteiger partial charge in [-0.1, -0.05) is 12.1 Å². The zero-order chi connectivity index (χ0) is 10.8. The first-order valence-corrected chi connectivity index (χ1v) is 4.40. The number of ether oxygens (including phenoxy) is 2. The Bertz CT molecular complexity index is 439. The molecule has 5 heteroatoms. The minimum Gasteiger partial charge on any atom is -0.454 e. The van der Waals surface area contributed by atoms with E-state index in [1.54, 1.807) is 18.2 Å². The van der Waals surface area contributed by atoms with E-state index < -0.39 is 4.92 Å². The molecule has 2 rings (SSSR count). The van der Waals surface area contributed by atoms with Gasteiger partial charge in [0, 0.05) is 18.6 Å². The van der Waals surface area contributed by atoms with Gasteiger partial charge in [0.1, 0.15) is 0 Å². The quantitative estimate of drug-likeness (QED) is 0.550. The molecule has 0 aromatic heterocycles. The molecule has 0 spiro atoms. The van der Waals surface area contributed by atoms with Crippen LogP contribution < -0.4 is 9.47 Å². The lowest BCUT2D eigenvalue weighted by atomic mass is 10.1. The fourth-order valence-electron chi connectivity index (χ4n) is 1.34. The first-order chi connectivity index (χ1) is 7.18. The predicted molar refractivity (Wildman–Crippen MR) is 53.2 cm³/mol. The molecule has 1 heterocycles. The van der Waals surface area contributed by atoms with Crippen LogP contribution in [0.1, 0.15) is 12.5 Å². The second kappa shape index (κ2) is 3.61. The highest BCUT2D eigenvalue weighted by molar-refractivity contribution is 5.63. The Balaban J connectivity index is 2.42. The summed E-state index contributed by atoms with van der Waals surface area (Å²) in [5.41, 5.74) is 0.734. The van der Waals surface area contributed by atoms with Crippen LogP contribution in [-0.4, -0.2) is 11.7 Å². The number of para-hydroxylation sites is 1. The fourth-order valence-corrected chi connectivity index (χ4v) is 1.34. The summed E-state index contributed by atoms with van der Waals surface area (Å²) < 4.78 is 10.4. The van der Waals surface area contributed by atoms with Crippen molar-refractivity contribution >= 4 is 6.08 Å². The fraction of sp³-hybridized carbons (Fsp3) is 0.200. The summed E-state index contributed by atoms with van der Waals surface area (Å²) in [7, 11) is 0. The zero-order valence-electron chi connectivity index (χ0n) is 8.10. The Labute approximate surface area is 86.1 Å². The normalized spacial score (nSPS) is 14.1. The molecule has 0 atom stereocenters. The molecule has 0 amide bonds. The molecule has 0 unspecified atom stereocenters. The van der Waals surface area contributed by atoms with E-state index in [0.29, 0.717) is 17.1 Å². The molecule has 0 bridgehead atoms. The Morgan fingerprint density at radius 3 is 3.07 bits per heavy atom. The van der Waals surface area contributed by atoms with E-state index in [-0.39, 0.29) is 12.5 Å². The van der Waals surface area contributed by atoms with E-state index in [1.807, 2.05) is 0 Å². The van der Waals surface area contributed by atoms with Crippen molar-refractivity contribution in [3.63, 3.8) is 0 Å². The molecule has 15 heavy (non-hydrogen) atoms. The molecule has 0 saturated heterocycles. The topological polar surface area (TPSA) is 61.6 Å². The summed E-state index contributed by atoms with van der Waals surface area (Å²) >= 11 is 0. The van der Waals surface area contributed by atoms with Crippen LogP contribution in [0.25, 0.3) is 6.08 Å². The standard InChI is InChI=1S/C10H9NO4/c1-7(11(12)13)5-8-3-2-4-9-10(8)15-6-14-9/h2-5H,6H2,1H3. The molecular weight excluding hydrogens is 198 g/mol. The van der Waals surface area contributed by atoms with Gasteiger partial charge in [-0.25, -0.2) is 0 Å². The molecule has 0 saturated carbocycles. The maximum absolute atomic E-state index is 10.5. The first-order valence-electron chi connectivity index (χ1n) is 4.40. The molecule has 0 aliphatic carbocycles. The van der Waals surface area contributed by atoms with Crippen LogP contribution in [0.2, 0.25) is 0 Å². The van der Waals surface area contributed by atoms with Crippen molar-refractivity contribution in [2.75, 3.05) is 6.79 Å². The highest BCUT2D eigenvalue weighted by Gasteiger charge is 2.17. The Kier molecular flexibility index (Phi) is 2.29. The minimum absolute atomic E-state index is 0.0684. The number of fused-ring (bicyclic) bond motifs is 1. The maximum atomic E-state index is 10.5. The predicted octanol–water partition coefficient (Wildman–Crippen LogP) is 2.05. The van der Waals surface area contributed by atoms with Gasteiger partial charge in [-0.15, -0.1) is 0 Å². The lowest BCUT2D eigenvalue weighted by Gasteiger charge is -1.99. The SMILES string of the molecule is CC(=Cc1cccc2c1OCO2)[N+](=O)[O-]. The van der Waals surface area contributed by atoms with Crippen LogP contribution in [0.3, 0.4) is 0 Å². The molecule has 1 aliphatic rings. The van der Waals surface area contributed by atoms with Crippen molar-refractivity contribution in [2.24, 2.45) is 0 Å². The van der Waals surface area contributed by atoms with Gasteiger partial charge in [0.05, 0.1) is 4.92 Å². The molecule has 0 N–H and O–H groups in total. The summed E-state index contributed by atoms with van der Waals surface area (Å²) in [6.07, 6.45) is 1.47. The number of hydrogen-bond donors (Lipinski definition) is 0. The van der Waals surface area contributed by atoms with E-state index in [1.165, 1.54) is 13.0 Å². The van der Waals surface area contributed by atoms with Crippen LogP contribution in [0, 0.1) is 10.1 Å². The monoisotopic (exact) mass is 207 g/mol. The van der Waals surface area contributed by atoms with Gasteiger partial charge < -0.3 is 9.47 Å². The van der Waals surface area contributed by atoms with E-state index in [0.717, 1.165) is 0 Å². The van der Waals surface area contributed by atoms with Crippen LogP contribution in [0.5, 0.6) is 11.5 Å². The first kappa shape index (κ1) is 9.51. The van der Waals surface area contributed by atoms with Gasteiger partial charge in [0.2, 0.25) is 12.5 Å². The van der Waals surface area contributed by atoms with Crippen molar-refractivity contribution in [3.8, 4) is 11.5 Å². The van der Waals surface area contributed by atoms with E-state index in [4.69, 9.17) is 9.47 Å². The average molecular weight is 207 g/mol. The highest BCUT2D eigenvalue weighted by atomic mass is 16.7. The van der Waals surface area contributed by atoms with Gasteiger partial charge in [0.25, 0.3) is 0 Å².